The Labute approximate surface area is 205 Å². The van der Waals surface area contributed by atoms with Crippen molar-refractivity contribution in [1.82, 2.24) is 0 Å². The van der Waals surface area contributed by atoms with Gasteiger partial charge in [0.15, 0.2) is 11.5 Å². The topological polar surface area (TPSA) is 150 Å². The van der Waals surface area contributed by atoms with E-state index in [-0.39, 0.29) is 24.5 Å². The number of ether oxygens (including phenoxy) is 6. The van der Waals surface area contributed by atoms with Gasteiger partial charge in [0.1, 0.15) is 30.0 Å². The van der Waals surface area contributed by atoms with Crippen LogP contribution in [0, 0.1) is 0 Å². The molecule has 11 nitrogen and oxygen atoms in total. The van der Waals surface area contributed by atoms with Crippen LogP contribution in [0.3, 0.4) is 0 Å². The summed E-state index contributed by atoms with van der Waals surface area (Å²) in [4.78, 5) is 47.5. The number of hydrogen-bond acceptors (Lipinski definition) is 11. The second kappa shape index (κ2) is 12.4. The maximum absolute atomic E-state index is 12.3. The van der Waals surface area contributed by atoms with Gasteiger partial charge in [0.25, 0.3) is 0 Å². The van der Waals surface area contributed by atoms with Gasteiger partial charge in [-0.1, -0.05) is 6.07 Å². The third-order valence-corrected chi connectivity index (χ3v) is 3.77. The lowest BCUT2D eigenvalue weighted by Gasteiger charge is -2.21. The Morgan fingerprint density at radius 2 is 1.40 bits per heavy atom. The van der Waals surface area contributed by atoms with Crippen molar-refractivity contribution in [3.05, 3.63) is 23.8 Å². The molecule has 0 aliphatic carbocycles. The number of esters is 2. The zero-order chi connectivity index (χ0) is 27.0. The minimum Gasteiger partial charge on any atom is -0.462 e. The van der Waals surface area contributed by atoms with E-state index in [0.717, 1.165) is 0 Å². The zero-order valence-corrected chi connectivity index (χ0v) is 21.5. The summed E-state index contributed by atoms with van der Waals surface area (Å²) in [6, 6.07) is 3.23. The summed E-state index contributed by atoms with van der Waals surface area (Å²) in [5.74, 6) is -1.44. The van der Waals surface area contributed by atoms with Crippen molar-refractivity contribution in [2.24, 2.45) is 5.73 Å². The Balaban J connectivity index is 3.01. The fraction of sp³-hybridized carbons (Fsp3) is 0.583. The van der Waals surface area contributed by atoms with Gasteiger partial charge in [0.05, 0.1) is 0 Å². The van der Waals surface area contributed by atoms with Crippen molar-refractivity contribution in [1.29, 1.82) is 0 Å². The van der Waals surface area contributed by atoms with Gasteiger partial charge >= 0.3 is 24.2 Å². The SMILES string of the molecule is CC(=O)OC[C@H](C)OC(=O)[C@@H](N)Cc1ccc(OC(=O)OC(C)(C)C)c(OC(=O)OC(C)(C)C)c1. The highest BCUT2D eigenvalue weighted by atomic mass is 16.8. The molecule has 0 saturated heterocycles. The number of nitrogens with two attached hydrogens (primary N) is 1. The van der Waals surface area contributed by atoms with Gasteiger partial charge in [-0.25, -0.2) is 9.59 Å². The second-order valence-electron chi connectivity index (χ2n) is 9.77. The number of rotatable bonds is 8. The van der Waals surface area contributed by atoms with Crippen LogP contribution < -0.4 is 15.2 Å². The Hall–Kier alpha value is -3.34. The molecule has 196 valence electrons. The number of hydrogen-bond donors (Lipinski definition) is 1. The Morgan fingerprint density at radius 3 is 1.89 bits per heavy atom. The van der Waals surface area contributed by atoms with Crippen LogP contribution in [0.25, 0.3) is 0 Å². The van der Waals surface area contributed by atoms with E-state index in [4.69, 9.17) is 34.2 Å². The van der Waals surface area contributed by atoms with E-state index in [1.54, 1.807) is 48.5 Å². The van der Waals surface area contributed by atoms with Crippen molar-refractivity contribution in [2.45, 2.75) is 85.2 Å². The summed E-state index contributed by atoms with van der Waals surface area (Å²) in [6.07, 6.45) is -2.70. The van der Waals surface area contributed by atoms with E-state index in [9.17, 15) is 19.2 Å². The highest BCUT2D eigenvalue weighted by Crippen LogP contribution is 2.31. The molecule has 2 atom stereocenters. The smallest absolute Gasteiger partial charge is 0.462 e. The van der Waals surface area contributed by atoms with Crippen LogP contribution >= 0.6 is 0 Å². The second-order valence-corrected chi connectivity index (χ2v) is 9.77. The number of carbonyl (C=O) groups excluding carboxylic acids is 4. The molecule has 1 aromatic carbocycles. The molecule has 0 aliphatic heterocycles. The first-order chi connectivity index (χ1) is 15.9. The molecule has 1 aromatic rings. The normalized spacial score (nSPS) is 13.2. The van der Waals surface area contributed by atoms with Crippen LogP contribution in [0.1, 0.15) is 61.0 Å². The van der Waals surface area contributed by atoms with Gasteiger partial charge < -0.3 is 34.2 Å². The maximum Gasteiger partial charge on any atom is 0.514 e. The lowest BCUT2D eigenvalue weighted by molar-refractivity contribution is -0.157. The van der Waals surface area contributed by atoms with Gasteiger partial charge in [-0.3, -0.25) is 9.59 Å². The number of benzene rings is 1. The highest BCUT2D eigenvalue weighted by molar-refractivity contribution is 5.76. The predicted molar refractivity (Wildman–Crippen MR) is 124 cm³/mol. The first kappa shape index (κ1) is 29.7. The minimum absolute atomic E-state index is 0.0104. The van der Waals surface area contributed by atoms with Gasteiger partial charge in [0, 0.05) is 6.92 Å². The molecule has 11 heteroatoms. The van der Waals surface area contributed by atoms with E-state index in [0.29, 0.717) is 5.56 Å². The van der Waals surface area contributed by atoms with Gasteiger partial charge in [0.2, 0.25) is 0 Å². The Kier molecular flexibility index (Phi) is 10.5. The van der Waals surface area contributed by atoms with Crippen LogP contribution in [0.2, 0.25) is 0 Å². The quantitative estimate of drug-likeness (QED) is 0.318. The third-order valence-electron chi connectivity index (χ3n) is 3.77. The summed E-state index contributed by atoms with van der Waals surface area (Å²) in [5, 5.41) is 0. The Bertz CT molecular complexity index is 914. The molecule has 0 amide bonds. The van der Waals surface area contributed by atoms with Crippen molar-refractivity contribution < 1.29 is 47.6 Å². The molecule has 0 radical (unpaired) electrons. The summed E-state index contributed by atoms with van der Waals surface area (Å²) in [7, 11) is 0. The predicted octanol–water partition coefficient (Wildman–Crippen LogP) is 3.68. The third kappa shape index (κ3) is 12.6. The lowest BCUT2D eigenvalue weighted by Crippen LogP contribution is -2.37. The fourth-order valence-corrected chi connectivity index (χ4v) is 2.46. The minimum atomic E-state index is -1.07. The molecule has 0 bridgehead atoms. The molecule has 2 N–H and O–H groups in total. The highest BCUT2D eigenvalue weighted by Gasteiger charge is 2.25. The van der Waals surface area contributed by atoms with Crippen molar-refractivity contribution >= 4 is 24.2 Å². The van der Waals surface area contributed by atoms with Crippen LogP contribution in [0.15, 0.2) is 18.2 Å². The van der Waals surface area contributed by atoms with Crippen LogP contribution in [0.4, 0.5) is 9.59 Å². The average molecular weight is 498 g/mol. The molecule has 1 rings (SSSR count). The molecule has 0 fully saturated rings. The summed E-state index contributed by atoms with van der Waals surface area (Å²) in [6.45, 7) is 12.7. The molecule has 35 heavy (non-hydrogen) atoms. The van der Waals surface area contributed by atoms with E-state index in [1.165, 1.54) is 25.1 Å². The summed E-state index contributed by atoms with van der Waals surface area (Å²) in [5.41, 5.74) is 4.81. The first-order valence-electron chi connectivity index (χ1n) is 11.0. The maximum atomic E-state index is 12.3. The summed E-state index contributed by atoms with van der Waals surface area (Å²) >= 11 is 0. The molecular formula is C24H35NO10. The molecule has 0 saturated carbocycles. The molecular weight excluding hydrogens is 462 g/mol. The van der Waals surface area contributed by atoms with Gasteiger partial charge in [-0.2, -0.15) is 0 Å². The average Bonchev–Trinajstić information content (AvgIpc) is 2.65. The zero-order valence-electron chi connectivity index (χ0n) is 21.5. The van der Waals surface area contributed by atoms with Crippen molar-refractivity contribution in [2.75, 3.05) is 6.61 Å². The lowest BCUT2D eigenvalue weighted by atomic mass is 10.1. The van der Waals surface area contributed by atoms with Crippen molar-refractivity contribution in [3.63, 3.8) is 0 Å². The van der Waals surface area contributed by atoms with Crippen LogP contribution in [-0.4, -0.2) is 54.2 Å². The number of carbonyl (C=O) groups is 4. The standard InChI is InChI=1S/C24H35NO10/c1-14(13-30-15(2)26)31-20(27)17(25)11-16-9-10-18(32-21(28)34-23(3,4)5)19(12-16)33-22(29)35-24(6,7)8/h9-10,12,14,17H,11,13,25H2,1-8H3/t14-,17-/m0/s1. The summed E-state index contributed by atoms with van der Waals surface area (Å²) < 4.78 is 30.7. The van der Waals surface area contributed by atoms with E-state index in [2.05, 4.69) is 0 Å². The largest absolute Gasteiger partial charge is 0.514 e. The first-order valence-corrected chi connectivity index (χ1v) is 11.0. The van der Waals surface area contributed by atoms with E-state index < -0.39 is 47.6 Å². The van der Waals surface area contributed by atoms with Crippen LogP contribution in [-0.2, 0) is 35.0 Å². The molecule has 0 aliphatic rings. The molecule has 0 aromatic heterocycles. The van der Waals surface area contributed by atoms with Crippen LogP contribution in [0.5, 0.6) is 11.5 Å². The molecule has 0 unspecified atom stereocenters. The van der Waals surface area contributed by atoms with E-state index in [1.807, 2.05) is 0 Å². The van der Waals surface area contributed by atoms with E-state index >= 15 is 0 Å². The van der Waals surface area contributed by atoms with Gasteiger partial charge in [-0.15, -0.1) is 0 Å². The molecule has 0 spiro atoms. The van der Waals surface area contributed by atoms with Gasteiger partial charge in [-0.05, 0) is 72.6 Å². The fourth-order valence-electron chi connectivity index (χ4n) is 2.46. The Morgan fingerprint density at radius 1 is 0.886 bits per heavy atom. The molecule has 0 heterocycles. The monoisotopic (exact) mass is 497 g/mol. The van der Waals surface area contributed by atoms with Crippen molar-refractivity contribution in [3.8, 4) is 11.5 Å².